The van der Waals surface area contributed by atoms with Crippen LogP contribution in [0, 0.1) is 5.82 Å². The van der Waals surface area contributed by atoms with Gasteiger partial charge in [-0.1, -0.05) is 24.3 Å². The summed E-state index contributed by atoms with van der Waals surface area (Å²) in [6, 6.07) is 4.52. The van der Waals surface area contributed by atoms with E-state index in [1.54, 1.807) is 24.3 Å². The van der Waals surface area contributed by atoms with Gasteiger partial charge in [-0.15, -0.1) is 0 Å². The van der Waals surface area contributed by atoms with Gasteiger partial charge in [-0.25, -0.2) is 9.18 Å². The number of hydrogen-bond donors (Lipinski definition) is 1. The lowest BCUT2D eigenvalue weighted by molar-refractivity contribution is -0.118. The van der Waals surface area contributed by atoms with Gasteiger partial charge in [-0.2, -0.15) is 0 Å². The molecule has 0 aliphatic heterocycles. The van der Waals surface area contributed by atoms with Crippen LogP contribution in [0.2, 0.25) is 0 Å². The highest BCUT2D eigenvalue weighted by Gasteiger charge is 2.13. The smallest absolute Gasteiger partial charge is 0.340 e. The monoisotopic (exact) mass is 265 g/mol. The molecule has 102 valence electrons. The summed E-state index contributed by atoms with van der Waals surface area (Å²) in [5.41, 5.74) is 0.220. The van der Waals surface area contributed by atoms with Crippen molar-refractivity contribution in [1.29, 1.82) is 0 Å². The lowest BCUT2D eigenvalue weighted by Crippen LogP contribution is -2.20. The molecule has 0 aromatic heterocycles. The highest BCUT2D eigenvalue weighted by atomic mass is 19.1. The molecule has 5 heteroatoms. The Morgan fingerprint density at radius 3 is 2.79 bits per heavy atom. The molecule has 0 saturated heterocycles. The number of esters is 1. The van der Waals surface area contributed by atoms with Gasteiger partial charge in [0.05, 0.1) is 12.7 Å². The van der Waals surface area contributed by atoms with Crippen molar-refractivity contribution in [2.24, 2.45) is 0 Å². The van der Waals surface area contributed by atoms with Crippen LogP contribution < -0.4 is 5.32 Å². The maximum atomic E-state index is 13.9. The van der Waals surface area contributed by atoms with E-state index in [0.717, 1.165) is 0 Å². The fourth-order valence-corrected chi connectivity index (χ4v) is 1.49. The molecule has 1 aromatic rings. The molecule has 19 heavy (non-hydrogen) atoms. The van der Waals surface area contributed by atoms with Crippen molar-refractivity contribution >= 4 is 18.0 Å². The number of benzene rings is 1. The Labute approximate surface area is 111 Å². The summed E-state index contributed by atoms with van der Waals surface area (Å²) in [7, 11) is 1.21. The zero-order valence-corrected chi connectivity index (χ0v) is 10.9. The normalized spacial score (nSPS) is 10.5. The maximum absolute atomic E-state index is 13.9. The quantitative estimate of drug-likeness (QED) is 0.655. The molecule has 1 amide bonds. The minimum Gasteiger partial charge on any atom is -0.465 e. The Balaban J connectivity index is 2.71. The summed E-state index contributed by atoms with van der Waals surface area (Å²) in [6.07, 6.45) is 3.89. The Hall–Kier alpha value is -2.17. The molecule has 0 atom stereocenters. The summed E-state index contributed by atoms with van der Waals surface area (Å²) in [6.45, 7) is 1.92. The van der Waals surface area contributed by atoms with Crippen molar-refractivity contribution in [1.82, 2.24) is 5.32 Å². The molecule has 0 fully saturated rings. The molecule has 0 radical (unpaired) electrons. The van der Waals surface area contributed by atoms with Gasteiger partial charge in [0.15, 0.2) is 0 Å². The molecule has 0 aliphatic carbocycles. The molecule has 0 aliphatic rings. The van der Waals surface area contributed by atoms with E-state index in [9.17, 15) is 14.0 Å². The second kappa shape index (κ2) is 7.31. The number of amides is 1. The van der Waals surface area contributed by atoms with Gasteiger partial charge in [0.2, 0.25) is 5.91 Å². The van der Waals surface area contributed by atoms with E-state index < -0.39 is 11.8 Å². The van der Waals surface area contributed by atoms with Crippen molar-refractivity contribution < 1.29 is 18.7 Å². The van der Waals surface area contributed by atoms with Gasteiger partial charge in [-0.05, 0) is 12.5 Å². The van der Waals surface area contributed by atoms with Gasteiger partial charge in [0, 0.05) is 19.0 Å². The first kappa shape index (κ1) is 14.9. The SMILES string of the molecule is COC(=O)c1cccc(C=CCCNC(C)=O)c1F. The Morgan fingerprint density at radius 2 is 2.16 bits per heavy atom. The number of halogens is 1. The highest BCUT2D eigenvalue weighted by molar-refractivity contribution is 5.90. The van der Waals surface area contributed by atoms with E-state index in [-0.39, 0.29) is 11.5 Å². The molecule has 1 aromatic carbocycles. The van der Waals surface area contributed by atoms with Crippen LogP contribution >= 0.6 is 0 Å². The van der Waals surface area contributed by atoms with Gasteiger partial charge >= 0.3 is 5.97 Å². The van der Waals surface area contributed by atoms with Crippen LogP contribution in [-0.4, -0.2) is 25.5 Å². The van der Waals surface area contributed by atoms with Crippen LogP contribution in [0.4, 0.5) is 4.39 Å². The Kier molecular flexibility index (Phi) is 5.73. The zero-order valence-electron chi connectivity index (χ0n) is 10.9. The molecule has 1 N–H and O–H groups in total. The molecular weight excluding hydrogens is 249 g/mol. The van der Waals surface area contributed by atoms with Gasteiger partial charge < -0.3 is 10.1 Å². The predicted molar refractivity (Wildman–Crippen MR) is 70.1 cm³/mol. The second-order valence-corrected chi connectivity index (χ2v) is 3.87. The van der Waals surface area contributed by atoms with Crippen molar-refractivity contribution in [2.45, 2.75) is 13.3 Å². The van der Waals surface area contributed by atoms with Crippen LogP contribution in [0.5, 0.6) is 0 Å². The summed E-state index contributed by atoms with van der Waals surface area (Å²) >= 11 is 0. The molecular formula is C14H16FNO3. The molecule has 4 nitrogen and oxygen atoms in total. The highest BCUT2D eigenvalue weighted by Crippen LogP contribution is 2.15. The number of rotatable bonds is 5. The summed E-state index contributed by atoms with van der Waals surface area (Å²) in [5, 5.41) is 2.63. The molecule has 0 heterocycles. The Morgan fingerprint density at radius 1 is 1.42 bits per heavy atom. The van der Waals surface area contributed by atoms with Gasteiger partial charge in [0.1, 0.15) is 5.82 Å². The van der Waals surface area contributed by atoms with Crippen molar-refractivity contribution in [2.75, 3.05) is 13.7 Å². The van der Waals surface area contributed by atoms with E-state index in [2.05, 4.69) is 10.1 Å². The minimum atomic E-state index is -0.703. The fourth-order valence-electron chi connectivity index (χ4n) is 1.49. The number of methoxy groups -OCH3 is 1. The van der Waals surface area contributed by atoms with Crippen LogP contribution in [0.25, 0.3) is 6.08 Å². The second-order valence-electron chi connectivity index (χ2n) is 3.87. The summed E-state index contributed by atoms with van der Waals surface area (Å²) in [5.74, 6) is -1.41. The number of nitrogens with one attached hydrogen (secondary N) is 1. The average Bonchev–Trinajstić information content (AvgIpc) is 2.39. The first-order chi connectivity index (χ1) is 9.06. The van der Waals surface area contributed by atoms with Crippen LogP contribution in [0.15, 0.2) is 24.3 Å². The van der Waals surface area contributed by atoms with Gasteiger partial charge in [-0.3, -0.25) is 4.79 Å². The van der Waals surface area contributed by atoms with E-state index >= 15 is 0 Å². The largest absolute Gasteiger partial charge is 0.465 e. The molecule has 0 saturated carbocycles. The number of hydrogen-bond acceptors (Lipinski definition) is 3. The number of carbonyl (C=O) groups excluding carboxylic acids is 2. The zero-order chi connectivity index (χ0) is 14.3. The van der Waals surface area contributed by atoms with E-state index in [0.29, 0.717) is 18.5 Å². The molecule has 1 rings (SSSR count). The minimum absolute atomic E-state index is 0.0912. The fraction of sp³-hybridized carbons (Fsp3) is 0.286. The predicted octanol–water partition coefficient (Wildman–Crippen LogP) is 2.15. The van der Waals surface area contributed by atoms with Gasteiger partial charge in [0.25, 0.3) is 0 Å². The van der Waals surface area contributed by atoms with E-state index in [1.807, 2.05) is 0 Å². The molecule has 0 unspecified atom stereocenters. The number of carbonyl (C=O) groups is 2. The molecule has 0 spiro atoms. The lowest BCUT2D eigenvalue weighted by Gasteiger charge is -2.03. The van der Waals surface area contributed by atoms with Crippen LogP contribution in [0.1, 0.15) is 29.3 Å². The maximum Gasteiger partial charge on any atom is 0.340 e. The van der Waals surface area contributed by atoms with E-state index in [4.69, 9.17) is 0 Å². The van der Waals surface area contributed by atoms with Crippen LogP contribution in [-0.2, 0) is 9.53 Å². The van der Waals surface area contributed by atoms with Crippen molar-refractivity contribution in [3.8, 4) is 0 Å². The topological polar surface area (TPSA) is 55.4 Å². The Bertz CT molecular complexity index is 497. The summed E-state index contributed by atoms with van der Waals surface area (Å²) in [4.78, 5) is 21.9. The third-order valence-corrected chi connectivity index (χ3v) is 2.42. The molecule has 0 bridgehead atoms. The van der Waals surface area contributed by atoms with Crippen molar-refractivity contribution in [3.05, 3.63) is 41.2 Å². The first-order valence-electron chi connectivity index (χ1n) is 5.84. The van der Waals surface area contributed by atoms with E-state index in [1.165, 1.54) is 20.1 Å². The van der Waals surface area contributed by atoms with Crippen LogP contribution in [0.3, 0.4) is 0 Å². The third kappa shape index (κ3) is 4.54. The number of ether oxygens (including phenoxy) is 1. The first-order valence-corrected chi connectivity index (χ1v) is 5.84. The lowest BCUT2D eigenvalue weighted by atomic mass is 10.1. The standard InChI is InChI=1S/C14H16FNO3/c1-10(17)16-9-4-3-6-11-7-5-8-12(13(11)15)14(18)19-2/h3,5-8H,4,9H2,1-2H3,(H,16,17). The average molecular weight is 265 g/mol. The van der Waals surface area contributed by atoms with Crippen molar-refractivity contribution in [3.63, 3.8) is 0 Å². The summed E-state index contributed by atoms with van der Waals surface area (Å²) < 4.78 is 18.4. The third-order valence-electron chi connectivity index (χ3n) is 2.42.